The molecule has 1 aliphatic carbocycles. The predicted octanol–water partition coefficient (Wildman–Crippen LogP) is 1.19. The number of aliphatic carboxylic acids is 1. The topological polar surface area (TPSA) is 86.6 Å². The molecule has 6 heteroatoms. The SMILES string of the molecule is O=C(N[C@@H](CCO)C(=O)O)c1cc2c(s1)CCCC2. The Morgan fingerprint density at radius 3 is 2.74 bits per heavy atom. The molecule has 0 spiro atoms. The van der Waals surface area contributed by atoms with Crippen LogP contribution in [-0.4, -0.2) is 34.7 Å². The van der Waals surface area contributed by atoms with E-state index in [0.717, 1.165) is 25.7 Å². The van der Waals surface area contributed by atoms with E-state index in [9.17, 15) is 9.59 Å². The smallest absolute Gasteiger partial charge is 0.326 e. The minimum Gasteiger partial charge on any atom is -0.480 e. The highest BCUT2D eigenvalue weighted by Gasteiger charge is 2.22. The number of rotatable bonds is 5. The quantitative estimate of drug-likeness (QED) is 0.757. The number of carboxylic acid groups (broad SMARTS) is 1. The monoisotopic (exact) mass is 283 g/mol. The molecule has 0 saturated heterocycles. The Labute approximate surface area is 115 Å². The first-order valence-electron chi connectivity index (χ1n) is 6.38. The summed E-state index contributed by atoms with van der Waals surface area (Å²) in [6.45, 7) is -0.266. The van der Waals surface area contributed by atoms with E-state index >= 15 is 0 Å². The number of carbonyl (C=O) groups is 2. The van der Waals surface area contributed by atoms with Gasteiger partial charge in [-0.2, -0.15) is 0 Å². The number of hydrogen-bond donors (Lipinski definition) is 3. The van der Waals surface area contributed by atoms with Crippen molar-refractivity contribution in [3.8, 4) is 0 Å². The largest absolute Gasteiger partial charge is 0.480 e. The Bertz CT molecular complexity index is 459. The van der Waals surface area contributed by atoms with E-state index in [2.05, 4.69) is 5.32 Å². The minimum atomic E-state index is -1.12. The summed E-state index contributed by atoms with van der Waals surface area (Å²) in [6, 6.07) is 0.837. The highest BCUT2D eigenvalue weighted by Crippen LogP contribution is 2.29. The molecule has 19 heavy (non-hydrogen) atoms. The second-order valence-electron chi connectivity index (χ2n) is 4.64. The first kappa shape index (κ1) is 14.0. The van der Waals surface area contributed by atoms with Gasteiger partial charge in [0.1, 0.15) is 6.04 Å². The molecule has 1 aliphatic rings. The van der Waals surface area contributed by atoms with Gasteiger partial charge in [0.15, 0.2) is 0 Å². The third-order valence-corrected chi connectivity index (χ3v) is 4.48. The molecule has 0 aliphatic heterocycles. The Morgan fingerprint density at radius 1 is 1.37 bits per heavy atom. The lowest BCUT2D eigenvalue weighted by Crippen LogP contribution is -2.41. The molecule has 0 saturated carbocycles. The van der Waals surface area contributed by atoms with E-state index in [1.54, 1.807) is 0 Å². The van der Waals surface area contributed by atoms with Crippen LogP contribution in [0.3, 0.4) is 0 Å². The van der Waals surface area contributed by atoms with E-state index in [1.807, 2.05) is 6.07 Å². The van der Waals surface area contributed by atoms with Crippen molar-refractivity contribution in [1.29, 1.82) is 0 Å². The van der Waals surface area contributed by atoms with Crippen molar-refractivity contribution in [1.82, 2.24) is 5.32 Å². The highest BCUT2D eigenvalue weighted by atomic mass is 32.1. The van der Waals surface area contributed by atoms with Crippen LogP contribution in [0.2, 0.25) is 0 Å². The summed E-state index contributed by atoms with van der Waals surface area (Å²) in [6.07, 6.45) is 4.32. The first-order chi connectivity index (χ1) is 9.11. The van der Waals surface area contributed by atoms with Gasteiger partial charge in [0.05, 0.1) is 4.88 Å². The van der Waals surface area contributed by atoms with Gasteiger partial charge < -0.3 is 15.5 Å². The maximum absolute atomic E-state index is 12.0. The van der Waals surface area contributed by atoms with Gasteiger partial charge >= 0.3 is 5.97 Å². The van der Waals surface area contributed by atoms with Gasteiger partial charge in [-0.3, -0.25) is 4.79 Å². The fourth-order valence-electron chi connectivity index (χ4n) is 2.22. The number of aliphatic hydroxyl groups excluding tert-OH is 1. The van der Waals surface area contributed by atoms with E-state index in [-0.39, 0.29) is 18.9 Å². The Kier molecular flexibility index (Phi) is 4.55. The molecule has 0 unspecified atom stereocenters. The number of carbonyl (C=O) groups excluding carboxylic acids is 1. The van der Waals surface area contributed by atoms with E-state index < -0.39 is 12.0 Å². The van der Waals surface area contributed by atoms with Gasteiger partial charge in [-0.15, -0.1) is 11.3 Å². The number of nitrogens with one attached hydrogen (secondary N) is 1. The first-order valence-corrected chi connectivity index (χ1v) is 7.19. The molecule has 0 radical (unpaired) electrons. The summed E-state index contributed by atoms with van der Waals surface area (Å²) in [5, 5.41) is 20.2. The number of aliphatic hydroxyl groups is 1. The molecule has 0 bridgehead atoms. The van der Waals surface area contributed by atoms with Crippen LogP contribution in [0.1, 0.15) is 39.4 Å². The van der Waals surface area contributed by atoms with Crippen LogP contribution in [0.25, 0.3) is 0 Å². The average molecular weight is 283 g/mol. The van der Waals surface area contributed by atoms with Crippen LogP contribution in [0.15, 0.2) is 6.07 Å². The van der Waals surface area contributed by atoms with E-state index in [1.165, 1.54) is 21.8 Å². The normalized spacial score (nSPS) is 15.6. The number of fused-ring (bicyclic) bond motifs is 1. The van der Waals surface area contributed by atoms with Crippen molar-refractivity contribution in [2.75, 3.05) is 6.61 Å². The predicted molar refractivity (Wildman–Crippen MR) is 71.6 cm³/mol. The molecule has 0 aromatic carbocycles. The van der Waals surface area contributed by atoms with Crippen molar-refractivity contribution in [2.24, 2.45) is 0 Å². The third-order valence-electron chi connectivity index (χ3n) is 3.24. The van der Waals surface area contributed by atoms with Crippen LogP contribution in [0, 0.1) is 0 Å². The molecule has 1 aromatic rings. The summed E-state index contributed by atoms with van der Waals surface area (Å²) >= 11 is 1.45. The second-order valence-corrected chi connectivity index (χ2v) is 5.78. The fraction of sp³-hybridized carbons (Fsp3) is 0.538. The van der Waals surface area contributed by atoms with Gasteiger partial charge in [-0.1, -0.05) is 0 Å². The molecule has 1 atom stereocenters. The Morgan fingerprint density at radius 2 is 2.11 bits per heavy atom. The molecule has 1 amide bonds. The Hall–Kier alpha value is -1.40. The van der Waals surface area contributed by atoms with Crippen LogP contribution in [0.4, 0.5) is 0 Å². The molecule has 104 valence electrons. The summed E-state index contributed by atoms with van der Waals surface area (Å²) < 4.78 is 0. The minimum absolute atomic E-state index is 0.0200. The maximum atomic E-state index is 12.0. The van der Waals surface area contributed by atoms with Gasteiger partial charge in [-0.25, -0.2) is 4.79 Å². The van der Waals surface area contributed by atoms with Crippen LogP contribution in [-0.2, 0) is 17.6 Å². The van der Waals surface area contributed by atoms with Gasteiger partial charge in [-0.05, 0) is 37.3 Å². The van der Waals surface area contributed by atoms with Crippen LogP contribution in [0.5, 0.6) is 0 Å². The van der Waals surface area contributed by atoms with Crippen molar-refractivity contribution in [3.05, 3.63) is 21.4 Å². The summed E-state index contributed by atoms with van der Waals surface area (Å²) in [5.41, 5.74) is 1.22. The van der Waals surface area contributed by atoms with Crippen molar-refractivity contribution in [2.45, 2.75) is 38.1 Å². The molecule has 3 N–H and O–H groups in total. The molecule has 0 fully saturated rings. The molecule has 5 nitrogen and oxygen atoms in total. The second kappa shape index (κ2) is 6.16. The van der Waals surface area contributed by atoms with Crippen LogP contribution < -0.4 is 5.32 Å². The standard InChI is InChI=1S/C13H17NO4S/c15-6-5-9(13(17)18)14-12(16)11-7-8-3-1-2-4-10(8)19-11/h7,9,15H,1-6H2,(H,14,16)(H,17,18)/t9-/m0/s1. The van der Waals surface area contributed by atoms with Gasteiger partial charge in [0, 0.05) is 17.9 Å². The van der Waals surface area contributed by atoms with E-state index in [4.69, 9.17) is 10.2 Å². The van der Waals surface area contributed by atoms with Crippen molar-refractivity contribution in [3.63, 3.8) is 0 Å². The summed E-state index contributed by atoms with van der Waals surface area (Å²) in [5.74, 6) is -1.48. The molecule has 1 heterocycles. The van der Waals surface area contributed by atoms with Crippen molar-refractivity contribution >= 4 is 23.2 Å². The maximum Gasteiger partial charge on any atom is 0.326 e. The summed E-state index contributed by atoms with van der Waals surface area (Å²) in [7, 11) is 0. The number of aryl methyl sites for hydroxylation is 2. The zero-order valence-corrected chi connectivity index (χ0v) is 11.3. The lowest BCUT2D eigenvalue weighted by molar-refractivity contribution is -0.139. The lowest BCUT2D eigenvalue weighted by atomic mass is 9.99. The number of carboxylic acids is 1. The van der Waals surface area contributed by atoms with Gasteiger partial charge in [0.2, 0.25) is 0 Å². The number of amides is 1. The number of thiophene rings is 1. The summed E-state index contributed by atoms with van der Waals surface area (Å²) in [4.78, 5) is 24.7. The van der Waals surface area contributed by atoms with Crippen LogP contribution >= 0.6 is 11.3 Å². The van der Waals surface area contributed by atoms with Gasteiger partial charge in [0.25, 0.3) is 5.91 Å². The van der Waals surface area contributed by atoms with E-state index in [0.29, 0.717) is 4.88 Å². The zero-order valence-electron chi connectivity index (χ0n) is 10.5. The third kappa shape index (κ3) is 3.33. The molecule has 1 aromatic heterocycles. The molecule has 2 rings (SSSR count). The zero-order chi connectivity index (χ0) is 13.8. The highest BCUT2D eigenvalue weighted by molar-refractivity contribution is 7.14. The molecular formula is C13H17NO4S. The molecular weight excluding hydrogens is 266 g/mol. The fourth-order valence-corrected chi connectivity index (χ4v) is 3.38. The number of hydrogen-bond acceptors (Lipinski definition) is 4. The lowest BCUT2D eigenvalue weighted by Gasteiger charge is -2.12. The average Bonchev–Trinajstić information content (AvgIpc) is 2.81. The van der Waals surface area contributed by atoms with Crippen molar-refractivity contribution < 1.29 is 19.8 Å². The Balaban J connectivity index is 2.06.